The third-order valence-corrected chi connectivity index (χ3v) is 4.55. The average molecular weight is 358 g/mol. The van der Waals surface area contributed by atoms with Gasteiger partial charge in [-0.1, -0.05) is 23.8 Å². The number of aryl methyl sites for hydroxylation is 2. The first-order valence-electron chi connectivity index (χ1n) is 7.88. The summed E-state index contributed by atoms with van der Waals surface area (Å²) in [7, 11) is 1.70. The molecule has 1 amide bonds. The van der Waals surface area contributed by atoms with Gasteiger partial charge in [0.15, 0.2) is 6.61 Å². The van der Waals surface area contributed by atoms with Crippen molar-refractivity contribution in [2.24, 2.45) is 0 Å². The minimum Gasteiger partial charge on any atom is -0.452 e. The van der Waals surface area contributed by atoms with Crippen LogP contribution in [0.1, 0.15) is 27.0 Å². The first-order chi connectivity index (χ1) is 11.9. The van der Waals surface area contributed by atoms with Crippen molar-refractivity contribution < 1.29 is 14.3 Å². The highest BCUT2D eigenvalue weighted by Gasteiger charge is 2.17. The van der Waals surface area contributed by atoms with Gasteiger partial charge in [-0.05, 0) is 43.4 Å². The molecule has 0 saturated carbocycles. The second-order valence-electron chi connectivity index (χ2n) is 5.82. The number of benzene rings is 1. The molecule has 0 saturated heterocycles. The highest BCUT2D eigenvalue weighted by Crippen LogP contribution is 2.18. The van der Waals surface area contributed by atoms with E-state index in [1.54, 1.807) is 30.3 Å². The van der Waals surface area contributed by atoms with Crippen molar-refractivity contribution in [3.8, 4) is 0 Å². The molecule has 0 bridgehead atoms. The first-order valence-corrected chi connectivity index (χ1v) is 9.11. The Bertz CT molecular complexity index is 777. The molecule has 0 aliphatic rings. The lowest BCUT2D eigenvalue weighted by Crippen LogP contribution is -2.31. The summed E-state index contributed by atoms with van der Waals surface area (Å²) in [6, 6.07) is 9.43. The zero-order valence-electron chi connectivity index (χ0n) is 14.9. The molecule has 2 rings (SSSR count). The van der Waals surface area contributed by atoms with Crippen molar-refractivity contribution in [1.82, 2.24) is 9.88 Å². The predicted octanol–water partition coefficient (Wildman–Crippen LogP) is 3.24. The third-order valence-electron chi connectivity index (χ3n) is 3.84. The number of ether oxygens (including phenoxy) is 1. The van der Waals surface area contributed by atoms with Gasteiger partial charge >= 0.3 is 5.97 Å². The normalized spacial score (nSPS) is 10.4. The van der Waals surface area contributed by atoms with E-state index in [-0.39, 0.29) is 12.5 Å². The fraction of sp³-hybridized carbons (Fsp3) is 0.316. The fourth-order valence-corrected chi connectivity index (χ4v) is 2.93. The van der Waals surface area contributed by atoms with Crippen LogP contribution in [0, 0.1) is 13.8 Å². The zero-order chi connectivity index (χ0) is 18.4. The minimum absolute atomic E-state index is 0.247. The molecule has 0 spiro atoms. The third kappa shape index (κ3) is 5.06. The molecular weight excluding hydrogens is 336 g/mol. The molecule has 6 heteroatoms. The zero-order valence-corrected chi connectivity index (χ0v) is 15.7. The molecule has 0 aliphatic heterocycles. The topological polar surface area (TPSA) is 59.5 Å². The number of esters is 1. The molecule has 0 radical (unpaired) electrons. The first kappa shape index (κ1) is 19.0. The van der Waals surface area contributed by atoms with Crippen molar-refractivity contribution in [3.05, 3.63) is 58.8 Å². The van der Waals surface area contributed by atoms with Crippen molar-refractivity contribution in [1.29, 1.82) is 0 Å². The number of rotatable bonds is 6. The Morgan fingerprint density at radius 1 is 1.24 bits per heavy atom. The minimum atomic E-state index is -0.536. The molecule has 0 fully saturated rings. The van der Waals surface area contributed by atoms with E-state index in [9.17, 15) is 9.59 Å². The standard InChI is InChI=1S/C19H22N2O3S/c1-13-7-8-15(14(2)10-13)11-21(3)17(22)12-24-19(23)16-6-5-9-20-18(16)25-4/h5-10H,11-12H2,1-4H3. The van der Waals surface area contributed by atoms with Gasteiger partial charge in [-0.25, -0.2) is 9.78 Å². The van der Waals surface area contributed by atoms with Gasteiger partial charge in [0.1, 0.15) is 5.03 Å². The van der Waals surface area contributed by atoms with Gasteiger partial charge in [-0.3, -0.25) is 4.79 Å². The summed E-state index contributed by atoms with van der Waals surface area (Å²) in [4.78, 5) is 30.1. The van der Waals surface area contributed by atoms with Crippen LogP contribution in [-0.4, -0.2) is 41.7 Å². The Balaban J connectivity index is 1.94. The second-order valence-corrected chi connectivity index (χ2v) is 6.61. The maximum absolute atomic E-state index is 12.2. The van der Waals surface area contributed by atoms with Crippen LogP contribution in [0.3, 0.4) is 0 Å². The van der Waals surface area contributed by atoms with E-state index in [4.69, 9.17) is 4.74 Å². The van der Waals surface area contributed by atoms with Crippen LogP contribution in [0.4, 0.5) is 0 Å². The van der Waals surface area contributed by atoms with Crippen LogP contribution in [-0.2, 0) is 16.1 Å². The van der Waals surface area contributed by atoms with Crippen LogP contribution in [0.15, 0.2) is 41.6 Å². The SMILES string of the molecule is CSc1ncccc1C(=O)OCC(=O)N(C)Cc1ccc(C)cc1C. The summed E-state index contributed by atoms with van der Waals surface area (Å²) in [5.74, 6) is -0.784. The number of hydrogen-bond acceptors (Lipinski definition) is 5. The van der Waals surface area contributed by atoms with Crippen LogP contribution < -0.4 is 0 Å². The Kier molecular flexibility index (Phi) is 6.58. The molecule has 25 heavy (non-hydrogen) atoms. The van der Waals surface area contributed by atoms with Crippen LogP contribution in [0.25, 0.3) is 0 Å². The molecule has 0 N–H and O–H groups in total. The van der Waals surface area contributed by atoms with Gasteiger partial charge in [0.25, 0.3) is 5.91 Å². The lowest BCUT2D eigenvalue weighted by Gasteiger charge is -2.19. The Labute approximate surface area is 152 Å². The molecule has 132 valence electrons. The monoisotopic (exact) mass is 358 g/mol. The summed E-state index contributed by atoms with van der Waals surface area (Å²) in [6.07, 6.45) is 3.45. The highest BCUT2D eigenvalue weighted by molar-refractivity contribution is 7.98. The van der Waals surface area contributed by atoms with Crippen molar-refractivity contribution >= 4 is 23.6 Å². The van der Waals surface area contributed by atoms with E-state index < -0.39 is 5.97 Å². The van der Waals surface area contributed by atoms with Gasteiger partial charge in [0.2, 0.25) is 0 Å². The predicted molar refractivity (Wildman–Crippen MR) is 98.7 cm³/mol. The lowest BCUT2D eigenvalue weighted by molar-refractivity contribution is -0.133. The van der Waals surface area contributed by atoms with Crippen molar-refractivity contribution in [3.63, 3.8) is 0 Å². The maximum atomic E-state index is 12.2. The number of carbonyl (C=O) groups is 2. The van der Waals surface area contributed by atoms with Gasteiger partial charge in [-0.2, -0.15) is 0 Å². The summed E-state index contributed by atoms with van der Waals surface area (Å²) >= 11 is 1.36. The van der Waals surface area contributed by atoms with E-state index >= 15 is 0 Å². The molecule has 1 heterocycles. The van der Waals surface area contributed by atoms with Gasteiger partial charge < -0.3 is 9.64 Å². The van der Waals surface area contributed by atoms with E-state index in [2.05, 4.69) is 11.1 Å². The number of pyridine rings is 1. The van der Waals surface area contributed by atoms with E-state index in [0.29, 0.717) is 17.1 Å². The van der Waals surface area contributed by atoms with Crippen LogP contribution in [0.2, 0.25) is 0 Å². The van der Waals surface area contributed by atoms with Gasteiger partial charge in [-0.15, -0.1) is 11.8 Å². The van der Waals surface area contributed by atoms with Crippen molar-refractivity contribution in [2.45, 2.75) is 25.4 Å². The summed E-state index contributed by atoms with van der Waals surface area (Å²) in [6.45, 7) is 4.24. The number of hydrogen-bond donors (Lipinski definition) is 0. The van der Waals surface area contributed by atoms with Crippen LogP contribution in [0.5, 0.6) is 0 Å². The summed E-state index contributed by atoms with van der Waals surface area (Å²) < 4.78 is 5.16. The summed E-state index contributed by atoms with van der Waals surface area (Å²) in [5.41, 5.74) is 3.77. The molecule has 5 nitrogen and oxygen atoms in total. The largest absolute Gasteiger partial charge is 0.452 e. The number of aromatic nitrogens is 1. The van der Waals surface area contributed by atoms with Crippen molar-refractivity contribution in [2.75, 3.05) is 19.9 Å². The van der Waals surface area contributed by atoms with E-state index in [0.717, 1.165) is 11.1 Å². The molecule has 2 aromatic rings. The number of thioether (sulfide) groups is 1. The molecule has 0 atom stereocenters. The Morgan fingerprint density at radius 2 is 2.00 bits per heavy atom. The Morgan fingerprint density at radius 3 is 2.68 bits per heavy atom. The van der Waals surface area contributed by atoms with Gasteiger partial charge in [0.05, 0.1) is 5.56 Å². The molecule has 0 unspecified atom stereocenters. The fourth-order valence-electron chi connectivity index (χ4n) is 2.39. The number of likely N-dealkylation sites (N-methyl/N-ethyl adjacent to an activating group) is 1. The quantitative estimate of drug-likeness (QED) is 0.586. The van der Waals surface area contributed by atoms with E-state index in [1.807, 2.05) is 32.2 Å². The number of amides is 1. The van der Waals surface area contributed by atoms with Crippen LogP contribution >= 0.6 is 11.8 Å². The summed E-state index contributed by atoms with van der Waals surface area (Å²) in [5, 5.41) is 0.587. The van der Waals surface area contributed by atoms with E-state index in [1.165, 1.54) is 17.3 Å². The molecule has 0 aliphatic carbocycles. The highest BCUT2D eigenvalue weighted by atomic mass is 32.2. The number of carbonyl (C=O) groups excluding carboxylic acids is 2. The maximum Gasteiger partial charge on any atom is 0.341 e. The average Bonchev–Trinajstić information content (AvgIpc) is 2.61. The second kappa shape index (κ2) is 8.67. The Hall–Kier alpha value is -2.34. The molecule has 1 aromatic heterocycles. The van der Waals surface area contributed by atoms with Gasteiger partial charge in [0, 0.05) is 19.8 Å². The lowest BCUT2D eigenvalue weighted by atomic mass is 10.1. The molecule has 1 aromatic carbocycles. The smallest absolute Gasteiger partial charge is 0.341 e. The number of nitrogens with zero attached hydrogens (tertiary/aromatic N) is 2. The molecular formula is C19H22N2O3S.